The lowest BCUT2D eigenvalue weighted by Crippen LogP contribution is -2.36. The molecule has 2 heterocycles. The van der Waals surface area contributed by atoms with Crippen molar-refractivity contribution in [2.45, 2.75) is 39.7 Å². The molecule has 2 aromatic carbocycles. The molecule has 31 heavy (non-hydrogen) atoms. The molecular formula is C25H23ClFN3O. The zero-order valence-electron chi connectivity index (χ0n) is 17.7. The number of halogens is 2. The van der Waals surface area contributed by atoms with Crippen molar-refractivity contribution in [3.63, 3.8) is 0 Å². The van der Waals surface area contributed by atoms with E-state index in [0.29, 0.717) is 11.4 Å². The van der Waals surface area contributed by atoms with Crippen LogP contribution in [0.2, 0.25) is 5.02 Å². The lowest BCUT2D eigenvalue weighted by atomic mass is 9.73. The number of allylic oxidation sites excluding steroid dienone is 2. The van der Waals surface area contributed by atoms with Gasteiger partial charge in [0.1, 0.15) is 17.7 Å². The molecule has 0 spiro atoms. The first kappa shape index (κ1) is 20.0. The molecule has 1 aromatic heterocycles. The molecule has 0 amide bonds. The summed E-state index contributed by atoms with van der Waals surface area (Å²) in [6, 6.07) is 13.6. The maximum absolute atomic E-state index is 13.7. The van der Waals surface area contributed by atoms with Crippen LogP contribution >= 0.6 is 11.6 Å². The molecule has 0 bridgehead atoms. The largest absolute Gasteiger partial charge is 0.343 e. The number of ketones is 1. The van der Waals surface area contributed by atoms with Crippen LogP contribution in [0.4, 0.5) is 10.2 Å². The van der Waals surface area contributed by atoms with Crippen LogP contribution in [0.25, 0.3) is 11.1 Å². The van der Waals surface area contributed by atoms with Crippen LogP contribution in [-0.4, -0.2) is 15.6 Å². The summed E-state index contributed by atoms with van der Waals surface area (Å²) in [6.07, 6.45) is 1.24. The van der Waals surface area contributed by atoms with E-state index in [0.717, 1.165) is 45.9 Å². The van der Waals surface area contributed by atoms with E-state index in [1.807, 2.05) is 35.9 Å². The van der Waals surface area contributed by atoms with Crippen molar-refractivity contribution >= 4 is 23.2 Å². The third-order valence-corrected chi connectivity index (χ3v) is 6.36. The highest BCUT2D eigenvalue weighted by molar-refractivity contribution is 6.30. The van der Waals surface area contributed by atoms with Crippen LogP contribution in [0.15, 0.2) is 59.8 Å². The molecule has 158 valence electrons. The molecule has 1 aliphatic carbocycles. The average molecular weight is 436 g/mol. The molecule has 0 saturated heterocycles. The van der Waals surface area contributed by atoms with Gasteiger partial charge in [-0.3, -0.25) is 4.79 Å². The normalized spacial score (nSPS) is 19.6. The molecule has 6 heteroatoms. The average Bonchev–Trinajstić information content (AvgIpc) is 3.02. The molecule has 5 rings (SSSR count). The van der Waals surface area contributed by atoms with Gasteiger partial charge in [-0.2, -0.15) is 5.10 Å². The van der Waals surface area contributed by atoms with Gasteiger partial charge in [0.25, 0.3) is 0 Å². The number of aryl methyl sites for hydroxylation is 1. The zero-order valence-corrected chi connectivity index (χ0v) is 18.4. The Balaban J connectivity index is 1.74. The molecule has 1 atom stereocenters. The Morgan fingerprint density at radius 2 is 1.77 bits per heavy atom. The Kier molecular flexibility index (Phi) is 4.56. The summed E-state index contributed by atoms with van der Waals surface area (Å²) in [6.45, 7) is 6.18. The summed E-state index contributed by atoms with van der Waals surface area (Å²) < 4.78 is 15.5. The lowest BCUT2D eigenvalue weighted by Gasteiger charge is -2.39. The molecule has 3 aromatic rings. The van der Waals surface area contributed by atoms with Crippen molar-refractivity contribution in [3.8, 4) is 11.1 Å². The van der Waals surface area contributed by atoms with Gasteiger partial charge in [0.05, 0.1) is 5.69 Å². The summed E-state index contributed by atoms with van der Waals surface area (Å²) >= 11 is 6.10. The monoisotopic (exact) mass is 435 g/mol. The van der Waals surface area contributed by atoms with E-state index >= 15 is 0 Å². The van der Waals surface area contributed by atoms with Gasteiger partial charge in [0, 0.05) is 28.3 Å². The van der Waals surface area contributed by atoms with Crippen LogP contribution in [0.3, 0.4) is 0 Å². The molecule has 0 fully saturated rings. The zero-order chi connectivity index (χ0) is 21.9. The number of benzene rings is 2. The summed E-state index contributed by atoms with van der Waals surface area (Å²) in [5, 5.41) is 9.05. The van der Waals surface area contributed by atoms with Gasteiger partial charge >= 0.3 is 0 Å². The topological polar surface area (TPSA) is 46.9 Å². The van der Waals surface area contributed by atoms with E-state index in [1.54, 1.807) is 12.1 Å². The second kappa shape index (κ2) is 7.06. The summed E-state index contributed by atoms with van der Waals surface area (Å²) in [7, 11) is 0. The van der Waals surface area contributed by atoms with Crippen molar-refractivity contribution < 1.29 is 9.18 Å². The maximum Gasteiger partial charge on any atom is 0.163 e. The number of carbonyl (C=O) groups excluding carboxylic acids is 1. The fourth-order valence-corrected chi connectivity index (χ4v) is 4.92. The minimum atomic E-state index is -0.393. The molecule has 1 aliphatic heterocycles. The fraction of sp³-hybridized carbons (Fsp3) is 0.280. The third-order valence-electron chi connectivity index (χ3n) is 6.11. The van der Waals surface area contributed by atoms with E-state index < -0.39 is 6.04 Å². The van der Waals surface area contributed by atoms with Gasteiger partial charge in [0.2, 0.25) is 0 Å². The maximum atomic E-state index is 13.7. The molecule has 1 N–H and O–H groups in total. The molecule has 0 radical (unpaired) electrons. The van der Waals surface area contributed by atoms with Crippen LogP contribution < -0.4 is 5.32 Å². The van der Waals surface area contributed by atoms with E-state index in [4.69, 9.17) is 16.7 Å². The number of anilines is 1. The van der Waals surface area contributed by atoms with E-state index in [2.05, 4.69) is 19.2 Å². The van der Waals surface area contributed by atoms with Crippen molar-refractivity contribution in [2.75, 3.05) is 5.32 Å². The van der Waals surface area contributed by atoms with Crippen LogP contribution in [0.1, 0.15) is 44.0 Å². The van der Waals surface area contributed by atoms with Crippen molar-refractivity contribution in [3.05, 3.63) is 81.9 Å². The summed E-state index contributed by atoms with van der Waals surface area (Å²) in [5.74, 6) is 0.653. The minimum absolute atomic E-state index is 0.111. The number of hydrogen-bond acceptors (Lipinski definition) is 3. The molecule has 0 saturated carbocycles. The standard InChI is InChI=1S/C25H23ClFN3O/c1-14-21(15-4-8-17(26)9-5-15)24-28-19-12-25(2,3)13-20(31)22(19)23(30(24)29-14)16-6-10-18(27)11-7-16/h4-11,23,28H,12-13H2,1-3H3/t23-/m1/s1. The Morgan fingerprint density at radius 1 is 1.10 bits per heavy atom. The Labute approximate surface area is 185 Å². The molecule has 0 unspecified atom stereocenters. The first-order valence-corrected chi connectivity index (χ1v) is 10.7. The Hall–Kier alpha value is -2.92. The van der Waals surface area contributed by atoms with Gasteiger partial charge in [-0.15, -0.1) is 0 Å². The Bertz CT molecular complexity index is 1220. The fourth-order valence-electron chi connectivity index (χ4n) is 4.80. The van der Waals surface area contributed by atoms with E-state index in [9.17, 15) is 9.18 Å². The quantitative estimate of drug-likeness (QED) is 0.513. The van der Waals surface area contributed by atoms with Gasteiger partial charge in [-0.05, 0) is 54.2 Å². The number of Topliss-reactive ketones (excluding diaryl/α,β-unsaturated/α-hetero) is 1. The second-order valence-electron chi connectivity index (χ2n) is 9.17. The predicted octanol–water partition coefficient (Wildman–Crippen LogP) is 6.31. The number of hydrogen-bond donors (Lipinski definition) is 1. The highest BCUT2D eigenvalue weighted by Crippen LogP contribution is 2.48. The predicted molar refractivity (Wildman–Crippen MR) is 121 cm³/mol. The molecule has 2 aliphatic rings. The number of aromatic nitrogens is 2. The molecule has 4 nitrogen and oxygen atoms in total. The van der Waals surface area contributed by atoms with E-state index in [1.165, 1.54) is 12.1 Å². The number of fused-ring (bicyclic) bond motifs is 1. The number of rotatable bonds is 2. The SMILES string of the molecule is Cc1nn2c(c1-c1ccc(Cl)cc1)NC1=C(C(=O)CC(C)(C)C1)[C@H]2c1ccc(F)cc1. The van der Waals surface area contributed by atoms with E-state index in [-0.39, 0.29) is 17.0 Å². The summed E-state index contributed by atoms with van der Waals surface area (Å²) in [4.78, 5) is 13.3. The van der Waals surface area contributed by atoms with Gasteiger partial charge in [-0.1, -0.05) is 49.7 Å². The van der Waals surface area contributed by atoms with Crippen LogP contribution in [-0.2, 0) is 4.79 Å². The minimum Gasteiger partial charge on any atom is -0.343 e. The van der Waals surface area contributed by atoms with Crippen molar-refractivity contribution in [2.24, 2.45) is 5.41 Å². The lowest BCUT2D eigenvalue weighted by molar-refractivity contribution is -0.118. The smallest absolute Gasteiger partial charge is 0.163 e. The van der Waals surface area contributed by atoms with Crippen molar-refractivity contribution in [1.82, 2.24) is 9.78 Å². The number of nitrogens with zero attached hydrogens (tertiary/aromatic N) is 2. The highest BCUT2D eigenvalue weighted by atomic mass is 35.5. The van der Waals surface area contributed by atoms with Gasteiger partial charge in [-0.25, -0.2) is 9.07 Å². The molecular weight excluding hydrogens is 413 g/mol. The Morgan fingerprint density at radius 3 is 2.45 bits per heavy atom. The van der Waals surface area contributed by atoms with Gasteiger partial charge in [0.15, 0.2) is 5.78 Å². The number of carbonyl (C=O) groups is 1. The number of nitrogens with one attached hydrogen (secondary N) is 1. The van der Waals surface area contributed by atoms with Gasteiger partial charge < -0.3 is 5.32 Å². The second-order valence-corrected chi connectivity index (χ2v) is 9.61. The van der Waals surface area contributed by atoms with Crippen molar-refractivity contribution in [1.29, 1.82) is 0 Å². The third kappa shape index (κ3) is 3.37. The summed E-state index contributed by atoms with van der Waals surface area (Å²) in [5.41, 5.74) is 5.19. The highest BCUT2D eigenvalue weighted by Gasteiger charge is 2.42. The van der Waals surface area contributed by atoms with Crippen LogP contribution in [0, 0.1) is 18.2 Å². The first-order valence-electron chi connectivity index (χ1n) is 10.4. The first-order chi connectivity index (χ1) is 14.7. The van der Waals surface area contributed by atoms with Crippen LogP contribution in [0.5, 0.6) is 0 Å².